The fraction of sp³-hybridized carbons (Fsp3) is 0.636. The largest absolute Gasteiger partial charge is 0.461 e. The predicted molar refractivity (Wildman–Crippen MR) is 263 cm³/mol. The van der Waals surface area contributed by atoms with Crippen LogP contribution in [0, 0.1) is 0 Å². The van der Waals surface area contributed by atoms with E-state index in [0.29, 0.717) is 19.3 Å². The Balaban J connectivity index is 4.82. The van der Waals surface area contributed by atoms with Crippen molar-refractivity contribution in [1.82, 2.24) is 5.32 Å². The minimum Gasteiger partial charge on any atom is -0.461 e. The lowest BCUT2D eigenvalue weighted by atomic mass is 10.0. The van der Waals surface area contributed by atoms with Crippen molar-refractivity contribution in [1.29, 1.82) is 0 Å². The maximum atomic E-state index is 13.2. The monoisotopic (exact) mass is 846 g/mol. The SMILES string of the molecule is CC/C=C\C/C=C\C/C=C\C/C=C\C/C=C\CC(CC(=O)NC(CO)C(O)CCCCCCCCCCCCC)OC(=O)CCCCC/C=C/C/C=C/C/C=C/C/C=C/CC. The Labute approximate surface area is 375 Å². The summed E-state index contributed by atoms with van der Waals surface area (Å²) in [6, 6.07) is -0.745. The van der Waals surface area contributed by atoms with Crippen LogP contribution in [0.1, 0.15) is 201 Å². The number of allylic oxidation sites excluding steroid dienone is 17. The van der Waals surface area contributed by atoms with Crippen LogP contribution < -0.4 is 5.32 Å². The van der Waals surface area contributed by atoms with Crippen LogP contribution in [0.5, 0.6) is 0 Å². The first-order valence-electron chi connectivity index (χ1n) is 24.6. The number of unbranched alkanes of at least 4 members (excludes halogenated alkanes) is 13. The molecular weight excluding hydrogens is 755 g/mol. The Hall–Kier alpha value is -3.48. The summed E-state index contributed by atoms with van der Waals surface area (Å²) < 4.78 is 5.84. The summed E-state index contributed by atoms with van der Waals surface area (Å²) in [7, 11) is 0. The molecule has 3 atom stereocenters. The van der Waals surface area contributed by atoms with Gasteiger partial charge in [-0.3, -0.25) is 9.59 Å². The second-order valence-corrected chi connectivity index (χ2v) is 16.1. The summed E-state index contributed by atoms with van der Waals surface area (Å²) in [4.78, 5) is 26.1. The number of esters is 1. The van der Waals surface area contributed by atoms with Crippen LogP contribution in [-0.4, -0.2) is 46.9 Å². The van der Waals surface area contributed by atoms with E-state index < -0.39 is 18.2 Å². The van der Waals surface area contributed by atoms with Gasteiger partial charge in [0.25, 0.3) is 0 Å². The van der Waals surface area contributed by atoms with E-state index >= 15 is 0 Å². The smallest absolute Gasteiger partial charge is 0.306 e. The predicted octanol–water partition coefficient (Wildman–Crippen LogP) is 14.7. The molecule has 3 unspecified atom stereocenters. The highest BCUT2D eigenvalue weighted by molar-refractivity contribution is 5.77. The van der Waals surface area contributed by atoms with Gasteiger partial charge in [0.05, 0.1) is 25.2 Å². The highest BCUT2D eigenvalue weighted by Gasteiger charge is 2.23. The van der Waals surface area contributed by atoms with Crippen molar-refractivity contribution >= 4 is 11.9 Å². The van der Waals surface area contributed by atoms with Crippen molar-refractivity contribution < 1.29 is 24.5 Å². The Morgan fingerprint density at radius 1 is 0.508 bits per heavy atom. The molecule has 0 saturated carbocycles. The molecule has 0 bridgehead atoms. The Morgan fingerprint density at radius 3 is 1.38 bits per heavy atom. The van der Waals surface area contributed by atoms with Crippen molar-refractivity contribution in [3.8, 4) is 0 Å². The second kappa shape index (κ2) is 47.6. The molecule has 6 nitrogen and oxygen atoms in total. The Kier molecular flexibility index (Phi) is 44.9. The number of ether oxygens (including phenoxy) is 1. The molecule has 1 amide bonds. The number of aliphatic hydroxyl groups excluding tert-OH is 2. The van der Waals surface area contributed by atoms with Gasteiger partial charge in [0.2, 0.25) is 5.91 Å². The number of aliphatic hydroxyl groups is 2. The highest BCUT2D eigenvalue weighted by Crippen LogP contribution is 2.15. The van der Waals surface area contributed by atoms with Gasteiger partial charge in [-0.25, -0.2) is 0 Å². The van der Waals surface area contributed by atoms with Crippen LogP contribution in [0.25, 0.3) is 0 Å². The standard InChI is InChI=1S/C55H91NO5/c1-4-7-10-13-16-19-22-24-26-28-30-33-36-39-42-45-48-55(60)61-51(46-43-40-37-34-32-29-27-25-23-20-17-14-11-8-5-2)49-54(59)56-52(50-57)53(58)47-44-41-38-35-31-21-18-15-12-9-6-3/h7-8,10-11,16-17,19-20,24-27,30,32-34,40,43,51-53,57-58H,4-6,9,12-15,18,21-23,28-29,31,35-39,41-42,44-50H2,1-3H3,(H,56,59)/b10-7+,11-8-,19-16+,20-17-,26-24+,27-25-,33-30+,34-32-,43-40-. The summed E-state index contributed by atoms with van der Waals surface area (Å²) in [5.74, 6) is -0.628. The van der Waals surface area contributed by atoms with Crippen molar-refractivity contribution in [2.45, 2.75) is 219 Å². The molecule has 0 aliphatic carbocycles. The van der Waals surface area contributed by atoms with Crippen LogP contribution in [-0.2, 0) is 14.3 Å². The molecule has 0 heterocycles. The van der Waals surface area contributed by atoms with Crippen LogP contribution in [0.3, 0.4) is 0 Å². The van der Waals surface area contributed by atoms with E-state index in [2.05, 4.69) is 123 Å². The Bertz CT molecular complexity index is 1270. The zero-order valence-electron chi connectivity index (χ0n) is 39.2. The second-order valence-electron chi connectivity index (χ2n) is 16.1. The van der Waals surface area contributed by atoms with E-state index in [0.717, 1.165) is 103 Å². The molecule has 346 valence electrons. The quantitative estimate of drug-likeness (QED) is 0.0323. The lowest BCUT2D eigenvalue weighted by Crippen LogP contribution is -2.46. The van der Waals surface area contributed by atoms with Gasteiger partial charge in [-0.1, -0.05) is 207 Å². The molecule has 0 radical (unpaired) electrons. The molecule has 6 heteroatoms. The minimum atomic E-state index is -0.823. The first kappa shape index (κ1) is 57.5. The summed E-state index contributed by atoms with van der Waals surface area (Å²) in [5.41, 5.74) is 0. The number of nitrogens with one attached hydrogen (secondary N) is 1. The molecular formula is C55H91NO5. The average molecular weight is 846 g/mol. The molecule has 0 aromatic rings. The van der Waals surface area contributed by atoms with Gasteiger partial charge in [0, 0.05) is 12.8 Å². The van der Waals surface area contributed by atoms with Crippen LogP contribution in [0.2, 0.25) is 0 Å². The zero-order valence-corrected chi connectivity index (χ0v) is 39.2. The van der Waals surface area contributed by atoms with Gasteiger partial charge in [-0.05, 0) is 83.5 Å². The lowest BCUT2D eigenvalue weighted by molar-refractivity contribution is -0.150. The number of carbonyl (C=O) groups is 2. The number of hydrogen-bond donors (Lipinski definition) is 3. The van der Waals surface area contributed by atoms with Crippen molar-refractivity contribution in [3.05, 3.63) is 109 Å². The molecule has 61 heavy (non-hydrogen) atoms. The number of hydrogen-bond acceptors (Lipinski definition) is 5. The Morgan fingerprint density at radius 2 is 0.918 bits per heavy atom. The van der Waals surface area contributed by atoms with E-state index in [-0.39, 0.29) is 24.9 Å². The third-order valence-corrected chi connectivity index (χ3v) is 10.3. The summed E-state index contributed by atoms with van der Waals surface area (Å²) >= 11 is 0. The number of rotatable bonds is 42. The molecule has 0 fully saturated rings. The van der Waals surface area contributed by atoms with E-state index in [1.54, 1.807) is 0 Å². The number of amides is 1. The topological polar surface area (TPSA) is 95.9 Å². The van der Waals surface area contributed by atoms with Crippen molar-refractivity contribution in [2.24, 2.45) is 0 Å². The van der Waals surface area contributed by atoms with Gasteiger partial charge in [-0.15, -0.1) is 0 Å². The van der Waals surface area contributed by atoms with E-state index in [1.165, 1.54) is 51.4 Å². The van der Waals surface area contributed by atoms with Gasteiger partial charge < -0.3 is 20.3 Å². The fourth-order valence-electron chi connectivity index (χ4n) is 6.68. The molecule has 3 N–H and O–H groups in total. The molecule has 0 aromatic carbocycles. The van der Waals surface area contributed by atoms with Gasteiger partial charge in [0.15, 0.2) is 0 Å². The van der Waals surface area contributed by atoms with Crippen LogP contribution >= 0.6 is 0 Å². The van der Waals surface area contributed by atoms with E-state index in [4.69, 9.17) is 4.74 Å². The van der Waals surface area contributed by atoms with Crippen molar-refractivity contribution in [2.75, 3.05) is 6.61 Å². The molecule has 0 spiro atoms. The summed E-state index contributed by atoms with van der Waals surface area (Å²) in [6.45, 7) is 6.19. The normalized spacial score (nSPS) is 14.2. The fourth-order valence-corrected chi connectivity index (χ4v) is 6.68. The third kappa shape index (κ3) is 43.0. The maximum absolute atomic E-state index is 13.2. The third-order valence-electron chi connectivity index (χ3n) is 10.3. The molecule has 0 aliphatic rings. The minimum absolute atomic E-state index is 0.0203. The molecule has 0 rings (SSSR count). The number of carbonyl (C=O) groups excluding carboxylic acids is 2. The first-order valence-corrected chi connectivity index (χ1v) is 24.6. The summed E-state index contributed by atoms with van der Waals surface area (Å²) in [5, 5.41) is 23.7. The lowest BCUT2D eigenvalue weighted by Gasteiger charge is -2.24. The van der Waals surface area contributed by atoms with E-state index in [9.17, 15) is 19.8 Å². The maximum Gasteiger partial charge on any atom is 0.306 e. The summed E-state index contributed by atoms with van der Waals surface area (Å²) in [6.07, 6.45) is 64.5. The van der Waals surface area contributed by atoms with Gasteiger partial charge >= 0.3 is 5.97 Å². The van der Waals surface area contributed by atoms with Gasteiger partial charge in [-0.2, -0.15) is 0 Å². The highest BCUT2D eigenvalue weighted by atomic mass is 16.5. The first-order chi connectivity index (χ1) is 30.0. The molecule has 0 saturated heterocycles. The van der Waals surface area contributed by atoms with Crippen LogP contribution in [0.15, 0.2) is 109 Å². The van der Waals surface area contributed by atoms with Gasteiger partial charge in [0.1, 0.15) is 6.10 Å². The van der Waals surface area contributed by atoms with Crippen LogP contribution in [0.4, 0.5) is 0 Å². The average Bonchev–Trinajstić information content (AvgIpc) is 3.25. The molecule has 0 aromatic heterocycles. The molecule has 0 aliphatic heterocycles. The zero-order chi connectivity index (χ0) is 44.5. The van der Waals surface area contributed by atoms with E-state index in [1.807, 2.05) is 12.2 Å². The van der Waals surface area contributed by atoms with Crippen molar-refractivity contribution in [3.63, 3.8) is 0 Å².